The van der Waals surface area contributed by atoms with Crippen LogP contribution in [0.1, 0.15) is 49.3 Å². The van der Waals surface area contributed by atoms with Crippen LogP contribution in [-0.4, -0.2) is 20.7 Å². The SMILES string of the molecule is CCCC1([C@@H]2[C@@H](c3ccccc3)[C@@H]2[C@H](O)c2ccccc2)SCCCS1. The molecule has 4 atom stereocenters. The van der Waals surface area contributed by atoms with E-state index < -0.39 is 0 Å². The van der Waals surface area contributed by atoms with Crippen molar-refractivity contribution in [2.45, 2.75) is 42.3 Å². The van der Waals surface area contributed by atoms with E-state index in [1.165, 1.54) is 36.3 Å². The van der Waals surface area contributed by atoms with Gasteiger partial charge in [-0.05, 0) is 47.3 Å². The summed E-state index contributed by atoms with van der Waals surface area (Å²) in [4.78, 5) is 0. The lowest BCUT2D eigenvalue weighted by atomic mass is 10.0. The van der Waals surface area contributed by atoms with Crippen molar-refractivity contribution in [3.05, 3.63) is 71.8 Å². The summed E-state index contributed by atoms with van der Waals surface area (Å²) in [6.45, 7) is 2.31. The molecule has 0 aromatic heterocycles. The Balaban J connectivity index is 1.68. The third-order valence-corrected chi connectivity index (χ3v) is 9.48. The summed E-state index contributed by atoms with van der Waals surface area (Å²) in [5, 5.41) is 11.3. The molecule has 26 heavy (non-hydrogen) atoms. The second kappa shape index (κ2) is 8.00. The van der Waals surface area contributed by atoms with E-state index in [2.05, 4.69) is 72.9 Å². The lowest BCUT2D eigenvalue weighted by molar-refractivity contribution is 0.144. The van der Waals surface area contributed by atoms with Crippen LogP contribution in [0, 0.1) is 11.8 Å². The molecule has 0 bridgehead atoms. The molecule has 2 aromatic carbocycles. The predicted molar refractivity (Wildman–Crippen MR) is 115 cm³/mol. The van der Waals surface area contributed by atoms with Gasteiger partial charge >= 0.3 is 0 Å². The van der Waals surface area contributed by atoms with Gasteiger partial charge in [0.15, 0.2) is 0 Å². The van der Waals surface area contributed by atoms with Crippen LogP contribution in [0.15, 0.2) is 60.7 Å². The molecular weight excluding hydrogens is 356 g/mol. The van der Waals surface area contributed by atoms with Gasteiger partial charge in [-0.25, -0.2) is 0 Å². The summed E-state index contributed by atoms with van der Waals surface area (Å²) < 4.78 is 0.272. The molecule has 0 spiro atoms. The zero-order valence-corrected chi connectivity index (χ0v) is 17.0. The Labute approximate surface area is 166 Å². The fraction of sp³-hybridized carbons (Fsp3) is 0.478. The number of rotatable bonds is 6. The van der Waals surface area contributed by atoms with Crippen molar-refractivity contribution in [3.63, 3.8) is 0 Å². The first-order valence-electron chi connectivity index (χ1n) is 9.83. The summed E-state index contributed by atoms with van der Waals surface area (Å²) in [6, 6.07) is 21.2. The molecule has 0 radical (unpaired) electrons. The van der Waals surface area contributed by atoms with Gasteiger partial charge in [-0.2, -0.15) is 0 Å². The molecule has 2 aromatic rings. The minimum atomic E-state index is -0.372. The van der Waals surface area contributed by atoms with Gasteiger partial charge in [0, 0.05) is 5.92 Å². The average Bonchev–Trinajstić information content (AvgIpc) is 3.46. The molecule has 1 aliphatic heterocycles. The third-order valence-electron chi connectivity index (χ3n) is 5.85. The van der Waals surface area contributed by atoms with Crippen molar-refractivity contribution >= 4 is 23.5 Å². The molecule has 4 rings (SSSR count). The zero-order chi connectivity index (χ0) is 18.0. The largest absolute Gasteiger partial charge is 0.388 e. The first kappa shape index (κ1) is 18.5. The highest BCUT2D eigenvalue weighted by atomic mass is 32.2. The highest BCUT2D eigenvalue weighted by Crippen LogP contribution is 2.71. The second-order valence-corrected chi connectivity index (χ2v) is 10.6. The maximum Gasteiger partial charge on any atom is 0.0827 e. The minimum absolute atomic E-state index is 0.272. The molecule has 1 saturated carbocycles. The zero-order valence-electron chi connectivity index (χ0n) is 15.4. The molecule has 1 heterocycles. The van der Waals surface area contributed by atoms with Gasteiger partial charge in [0.1, 0.15) is 0 Å². The van der Waals surface area contributed by atoms with Gasteiger partial charge < -0.3 is 5.11 Å². The van der Waals surface area contributed by atoms with Crippen molar-refractivity contribution in [2.75, 3.05) is 11.5 Å². The second-order valence-electron chi connectivity index (χ2n) is 7.51. The van der Waals surface area contributed by atoms with E-state index in [0.717, 1.165) is 5.56 Å². The first-order chi connectivity index (χ1) is 12.8. The van der Waals surface area contributed by atoms with E-state index in [1.807, 2.05) is 18.2 Å². The Bertz CT molecular complexity index is 691. The maximum absolute atomic E-state index is 11.3. The van der Waals surface area contributed by atoms with Crippen LogP contribution in [0.5, 0.6) is 0 Å². The Morgan fingerprint density at radius 3 is 2.23 bits per heavy atom. The normalized spacial score (nSPS) is 28.5. The van der Waals surface area contributed by atoms with E-state index in [9.17, 15) is 5.11 Å². The van der Waals surface area contributed by atoms with Crippen molar-refractivity contribution in [1.82, 2.24) is 0 Å². The van der Waals surface area contributed by atoms with Gasteiger partial charge in [-0.1, -0.05) is 74.0 Å². The fourth-order valence-corrected chi connectivity index (χ4v) is 8.69. The van der Waals surface area contributed by atoms with Gasteiger partial charge in [0.25, 0.3) is 0 Å². The van der Waals surface area contributed by atoms with E-state index in [0.29, 0.717) is 17.8 Å². The van der Waals surface area contributed by atoms with E-state index in [-0.39, 0.29) is 10.2 Å². The van der Waals surface area contributed by atoms with Crippen LogP contribution in [0.2, 0.25) is 0 Å². The summed E-state index contributed by atoms with van der Waals surface area (Å²) >= 11 is 4.34. The fourth-order valence-electron chi connectivity index (χ4n) is 4.71. The van der Waals surface area contributed by atoms with E-state index in [4.69, 9.17) is 0 Å². The van der Waals surface area contributed by atoms with E-state index >= 15 is 0 Å². The number of hydrogen-bond acceptors (Lipinski definition) is 3. The third kappa shape index (κ3) is 3.46. The Morgan fingerprint density at radius 2 is 1.62 bits per heavy atom. The van der Waals surface area contributed by atoms with Crippen molar-refractivity contribution < 1.29 is 5.11 Å². The summed E-state index contributed by atoms with van der Waals surface area (Å²) in [5.41, 5.74) is 2.47. The molecule has 1 saturated heterocycles. The van der Waals surface area contributed by atoms with Crippen molar-refractivity contribution in [2.24, 2.45) is 11.8 Å². The topological polar surface area (TPSA) is 20.2 Å². The van der Waals surface area contributed by atoms with Gasteiger partial charge in [0.05, 0.1) is 10.2 Å². The number of benzene rings is 2. The van der Waals surface area contributed by atoms with Gasteiger partial charge in [-0.15, -0.1) is 23.5 Å². The molecule has 3 heteroatoms. The summed E-state index contributed by atoms with van der Waals surface area (Å²) in [7, 11) is 0. The summed E-state index contributed by atoms with van der Waals surface area (Å²) in [6.07, 6.45) is 3.40. The molecule has 1 nitrogen and oxygen atoms in total. The average molecular weight is 385 g/mol. The molecule has 0 unspecified atom stereocenters. The van der Waals surface area contributed by atoms with Crippen LogP contribution < -0.4 is 0 Å². The van der Waals surface area contributed by atoms with E-state index in [1.54, 1.807) is 0 Å². The molecule has 1 N–H and O–H groups in total. The first-order valence-corrected chi connectivity index (χ1v) is 11.8. The van der Waals surface area contributed by atoms with Gasteiger partial charge in [0.2, 0.25) is 0 Å². The Hall–Kier alpha value is -0.900. The lowest BCUT2D eigenvalue weighted by Gasteiger charge is -2.37. The molecule has 2 fully saturated rings. The Kier molecular flexibility index (Phi) is 5.68. The Morgan fingerprint density at radius 1 is 1.00 bits per heavy atom. The number of hydrogen-bond donors (Lipinski definition) is 1. The number of thioether (sulfide) groups is 2. The maximum atomic E-state index is 11.3. The van der Waals surface area contributed by atoms with Crippen LogP contribution >= 0.6 is 23.5 Å². The number of aliphatic hydroxyl groups excluding tert-OH is 1. The smallest absolute Gasteiger partial charge is 0.0827 e. The van der Waals surface area contributed by atoms with Crippen LogP contribution in [0.25, 0.3) is 0 Å². The molecule has 1 aliphatic carbocycles. The lowest BCUT2D eigenvalue weighted by Crippen LogP contribution is -2.29. The highest BCUT2D eigenvalue weighted by Gasteiger charge is 2.64. The quantitative estimate of drug-likeness (QED) is 0.648. The summed E-state index contributed by atoms with van der Waals surface area (Å²) in [5.74, 6) is 3.87. The standard InChI is InChI=1S/C23H28OS2/c1-2-14-23(25-15-9-16-26-23)21-19(17-10-5-3-6-11-17)20(21)22(24)18-12-7-4-8-13-18/h3-8,10-13,19-22,24H,2,9,14-16H2,1H3/t19-,20-,21+,22+/m0/s1. The highest BCUT2D eigenvalue weighted by molar-refractivity contribution is 8.18. The van der Waals surface area contributed by atoms with Crippen molar-refractivity contribution in [3.8, 4) is 0 Å². The molecule has 138 valence electrons. The molecule has 2 aliphatic rings. The predicted octanol–water partition coefficient (Wildman–Crippen LogP) is 6.12. The minimum Gasteiger partial charge on any atom is -0.388 e. The van der Waals surface area contributed by atoms with Crippen LogP contribution in [0.4, 0.5) is 0 Å². The van der Waals surface area contributed by atoms with Crippen LogP contribution in [-0.2, 0) is 0 Å². The number of aliphatic hydroxyl groups is 1. The van der Waals surface area contributed by atoms with Crippen molar-refractivity contribution in [1.29, 1.82) is 0 Å². The molecule has 0 amide bonds. The van der Waals surface area contributed by atoms with Gasteiger partial charge in [-0.3, -0.25) is 0 Å². The van der Waals surface area contributed by atoms with Crippen LogP contribution in [0.3, 0.4) is 0 Å². The monoisotopic (exact) mass is 384 g/mol. The molecular formula is C23H28OS2.